The van der Waals surface area contributed by atoms with Gasteiger partial charge in [0.25, 0.3) is 0 Å². The molecule has 1 aliphatic rings. The van der Waals surface area contributed by atoms with Crippen LogP contribution >= 0.6 is 11.3 Å². The number of hydrogen-bond donors (Lipinski definition) is 1. The first-order valence-electron chi connectivity index (χ1n) is 8.82. The van der Waals surface area contributed by atoms with Gasteiger partial charge in [0, 0.05) is 42.7 Å². The van der Waals surface area contributed by atoms with E-state index in [0.29, 0.717) is 12.2 Å². The number of carbonyl (C=O) groups excluding carboxylic acids is 1. The van der Waals surface area contributed by atoms with E-state index in [1.807, 2.05) is 26.2 Å². The van der Waals surface area contributed by atoms with Crippen LogP contribution in [0.5, 0.6) is 0 Å². The van der Waals surface area contributed by atoms with Crippen LogP contribution in [0.3, 0.4) is 0 Å². The number of anilines is 2. The van der Waals surface area contributed by atoms with Crippen LogP contribution in [-0.4, -0.2) is 37.1 Å². The first-order valence-corrected chi connectivity index (χ1v) is 9.70. The van der Waals surface area contributed by atoms with Gasteiger partial charge in [-0.3, -0.25) is 4.79 Å². The van der Waals surface area contributed by atoms with Crippen molar-refractivity contribution >= 4 is 28.1 Å². The summed E-state index contributed by atoms with van der Waals surface area (Å²) in [5.74, 6) is -0.326. The van der Waals surface area contributed by atoms with Gasteiger partial charge in [-0.25, -0.2) is 9.37 Å². The molecule has 7 heteroatoms. The molecule has 0 radical (unpaired) electrons. The molecule has 26 heavy (non-hydrogen) atoms. The Morgan fingerprint density at radius 1 is 1.27 bits per heavy atom. The lowest BCUT2D eigenvalue weighted by molar-refractivity contribution is -0.125. The highest BCUT2D eigenvalue weighted by atomic mass is 32.1. The van der Waals surface area contributed by atoms with Crippen LogP contribution in [0.15, 0.2) is 29.6 Å². The molecular formula is C19H25FN4OS. The number of thiazole rings is 1. The number of aromatic nitrogens is 1. The summed E-state index contributed by atoms with van der Waals surface area (Å²) in [5.41, 5.74) is 1.000. The molecule has 2 heterocycles. The number of hydrogen-bond acceptors (Lipinski definition) is 5. The van der Waals surface area contributed by atoms with E-state index >= 15 is 0 Å². The molecule has 0 unspecified atom stereocenters. The Hall–Kier alpha value is -1.99. The summed E-state index contributed by atoms with van der Waals surface area (Å²) in [4.78, 5) is 21.6. The topological polar surface area (TPSA) is 48.5 Å². The highest BCUT2D eigenvalue weighted by molar-refractivity contribution is 7.13. The Labute approximate surface area is 157 Å². The molecule has 0 bridgehead atoms. The largest absolute Gasteiger partial charge is 0.346 e. The molecule has 1 aromatic heterocycles. The van der Waals surface area contributed by atoms with Crippen LogP contribution in [0.1, 0.15) is 26.5 Å². The van der Waals surface area contributed by atoms with Gasteiger partial charge in [-0.1, -0.05) is 20.8 Å². The van der Waals surface area contributed by atoms with Crippen LogP contribution in [0, 0.1) is 11.2 Å². The molecule has 1 aromatic carbocycles. The molecule has 1 amide bonds. The maximum absolute atomic E-state index is 13.3. The number of nitrogens with zero attached hydrogens (tertiary/aromatic N) is 3. The number of rotatable bonds is 4. The third kappa shape index (κ3) is 4.40. The number of benzene rings is 1. The van der Waals surface area contributed by atoms with E-state index in [4.69, 9.17) is 4.98 Å². The summed E-state index contributed by atoms with van der Waals surface area (Å²) in [6.07, 6.45) is 0. The van der Waals surface area contributed by atoms with Gasteiger partial charge in [0.05, 0.1) is 12.2 Å². The first kappa shape index (κ1) is 18.8. The fourth-order valence-corrected chi connectivity index (χ4v) is 3.71. The van der Waals surface area contributed by atoms with Crippen molar-refractivity contribution in [3.8, 4) is 0 Å². The van der Waals surface area contributed by atoms with Gasteiger partial charge < -0.3 is 15.1 Å². The Kier molecular flexibility index (Phi) is 5.58. The van der Waals surface area contributed by atoms with Gasteiger partial charge in [0.15, 0.2) is 5.13 Å². The zero-order valence-corrected chi connectivity index (χ0v) is 16.3. The van der Waals surface area contributed by atoms with Crippen molar-refractivity contribution in [3.05, 3.63) is 41.2 Å². The van der Waals surface area contributed by atoms with Crippen LogP contribution < -0.4 is 15.1 Å². The molecule has 0 atom stereocenters. The molecule has 1 fully saturated rings. The van der Waals surface area contributed by atoms with Gasteiger partial charge in [0.2, 0.25) is 5.91 Å². The van der Waals surface area contributed by atoms with Crippen LogP contribution in [-0.2, 0) is 11.3 Å². The van der Waals surface area contributed by atoms with E-state index in [1.165, 1.54) is 12.1 Å². The van der Waals surface area contributed by atoms with E-state index in [1.54, 1.807) is 28.4 Å². The normalized spacial score (nSPS) is 15.2. The fourth-order valence-electron chi connectivity index (χ4n) is 2.84. The molecule has 1 aliphatic heterocycles. The minimum Gasteiger partial charge on any atom is -0.346 e. The van der Waals surface area contributed by atoms with Gasteiger partial charge in [-0.05, 0) is 24.3 Å². The molecule has 1 saturated heterocycles. The number of halogens is 1. The predicted octanol–water partition coefficient (Wildman–Crippen LogP) is 3.27. The summed E-state index contributed by atoms with van der Waals surface area (Å²) in [7, 11) is 0. The lowest BCUT2D eigenvalue weighted by Gasteiger charge is -2.29. The minimum absolute atomic E-state index is 0.0131. The molecular weight excluding hydrogens is 351 g/mol. The number of amides is 1. The predicted molar refractivity (Wildman–Crippen MR) is 104 cm³/mol. The lowest BCUT2D eigenvalue weighted by Crippen LogP contribution is -2.43. The molecule has 2 aromatic rings. The smallest absolute Gasteiger partial charge is 0.232 e. The van der Waals surface area contributed by atoms with Crippen molar-refractivity contribution < 1.29 is 9.18 Å². The van der Waals surface area contributed by atoms with Crippen molar-refractivity contribution in [2.75, 3.05) is 36.0 Å². The zero-order valence-electron chi connectivity index (χ0n) is 15.5. The minimum atomic E-state index is -0.536. The fraction of sp³-hybridized carbons (Fsp3) is 0.474. The number of carbonyl (C=O) groups is 1. The molecule has 0 saturated carbocycles. The van der Waals surface area contributed by atoms with E-state index in [0.717, 1.165) is 37.0 Å². The van der Waals surface area contributed by atoms with Crippen molar-refractivity contribution in [1.82, 2.24) is 10.3 Å². The lowest BCUT2D eigenvalue weighted by atomic mass is 9.94. The summed E-state index contributed by atoms with van der Waals surface area (Å²) < 4.78 is 13.3. The first-order chi connectivity index (χ1) is 12.3. The average molecular weight is 377 g/mol. The highest BCUT2D eigenvalue weighted by Gasteiger charge is 2.29. The van der Waals surface area contributed by atoms with Gasteiger partial charge in [-0.2, -0.15) is 0 Å². The van der Waals surface area contributed by atoms with Crippen LogP contribution in [0.2, 0.25) is 0 Å². The summed E-state index contributed by atoms with van der Waals surface area (Å²) in [6.45, 7) is 9.84. The number of piperazine rings is 1. The second kappa shape index (κ2) is 7.72. The van der Waals surface area contributed by atoms with Gasteiger partial charge in [-0.15, -0.1) is 11.3 Å². The third-order valence-corrected chi connectivity index (χ3v) is 5.22. The SMILES string of the molecule is CC(C)(C)C(=O)N(Cc1csc(N2CCNCC2)n1)c1ccc(F)cc1. The molecule has 1 N–H and O–H groups in total. The van der Waals surface area contributed by atoms with Crippen molar-refractivity contribution in [2.24, 2.45) is 5.41 Å². The second-order valence-electron chi connectivity index (χ2n) is 7.48. The van der Waals surface area contributed by atoms with E-state index in [2.05, 4.69) is 10.2 Å². The molecule has 0 aliphatic carbocycles. The maximum Gasteiger partial charge on any atom is 0.232 e. The molecule has 0 spiro atoms. The third-order valence-electron chi connectivity index (χ3n) is 4.27. The second-order valence-corrected chi connectivity index (χ2v) is 8.31. The Balaban J connectivity index is 1.82. The molecule has 3 rings (SSSR count). The van der Waals surface area contributed by atoms with Crippen LogP contribution in [0.25, 0.3) is 0 Å². The molecule has 5 nitrogen and oxygen atoms in total. The van der Waals surface area contributed by atoms with Crippen molar-refractivity contribution in [2.45, 2.75) is 27.3 Å². The van der Waals surface area contributed by atoms with Crippen molar-refractivity contribution in [3.63, 3.8) is 0 Å². The van der Waals surface area contributed by atoms with Gasteiger partial charge >= 0.3 is 0 Å². The Bertz CT molecular complexity index is 748. The number of nitrogens with one attached hydrogen (secondary N) is 1. The van der Waals surface area contributed by atoms with E-state index < -0.39 is 5.41 Å². The standard InChI is InChI=1S/C19H25FN4OS/c1-19(2,3)17(25)24(16-6-4-14(20)5-7-16)12-15-13-26-18(22-15)23-10-8-21-9-11-23/h4-7,13,21H,8-12H2,1-3H3. The Morgan fingerprint density at radius 3 is 2.54 bits per heavy atom. The molecule has 140 valence electrons. The quantitative estimate of drug-likeness (QED) is 0.890. The summed E-state index contributed by atoms with van der Waals surface area (Å²) >= 11 is 1.60. The summed E-state index contributed by atoms with van der Waals surface area (Å²) in [5, 5.41) is 6.33. The van der Waals surface area contributed by atoms with Gasteiger partial charge in [0.1, 0.15) is 5.82 Å². The average Bonchev–Trinajstić information content (AvgIpc) is 3.09. The monoisotopic (exact) mass is 376 g/mol. The summed E-state index contributed by atoms with van der Waals surface area (Å²) in [6, 6.07) is 6.04. The van der Waals surface area contributed by atoms with E-state index in [-0.39, 0.29) is 11.7 Å². The highest BCUT2D eigenvalue weighted by Crippen LogP contribution is 2.27. The van der Waals surface area contributed by atoms with Crippen LogP contribution in [0.4, 0.5) is 15.2 Å². The Morgan fingerprint density at radius 2 is 1.92 bits per heavy atom. The maximum atomic E-state index is 13.3. The zero-order chi connectivity index (χ0) is 18.7. The van der Waals surface area contributed by atoms with Crippen molar-refractivity contribution in [1.29, 1.82) is 0 Å². The van der Waals surface area contributed by atoms with E-state index in [9.17, 15) is 9.18 Å².